The number of carbonyl (C=O) groups excluding carboxylic acids is 1. The van der Waals surface area contributed by atoms with E-state index in [0.717, 1.165) is 36.3 Å². The lowest BCUT2D eigenvalue weighted by molar-refractivity contribution is -0.129. The number of hydrogen-bond donors (Lipinski definition) is 0. The molecule has 1 aliphatic heterocycles. The fourth-order valence-corrected chi connectivity index (χ4v) is 4.08. The summed E-state index contributed by atoms with van der Waals surface area (Å²) in [5.74, 6) is 0.126. The van der Waals surface area contributed by atoms with Crippen LogP contribution < -0.4 is 0 Å². The van der Waals surface area contributed by atoms with Crippen molar-refractivity contribution in [1.82, 2.24) is 14.8 Å². The van der Waals surface area contributed by atoms with Gasteiger partial charge in [-0.15, -0.1) is 11.3 Å². The highest BCUT2D eigenvalue weighted by atomic mass is 32.1. The van der Waals surface area contributed by atoms with Crippen molar-refractivity contribution in [2.24, 2.45) is 0 Å². The second kappa shape index (κ2) is 7.59. The Hall–Kier alpha value is -1.50. The highest BCUT2D eigenvalue weighted by Crippen LogP contribution is 2.27. The normalized spacial score (nSPS) is 20.8. The first kappa shape index (κ1) is 17.3. The second-order valence-electron chi connectivity index (χ2n) is 6.72. The molecule has 1 aromatic carbocycles. The monoisotopic (exact) mass is 347 g/mol. The third-order valence-electron chi connectivity index (χ3n) is 4.36. The van der Waals surface area contributed by atoms with Crippen molar-refractivity contribution in [3.63, 3.8) is 0 Å². The number of benzene rings is 1. The smallest absolute Gasteiger partial charge is 0.236 e. The van der Waals surface area contributed by atoms with Crippen molar-refractivity contribution in [1.29, 1.82) is 0 Å². The first-order valence-corrected chi connectivity index (χ1v) is 9.21. The van der Waals surface area contributed by atoms with Gasteiger partial charge in [0, 0.05) is 27.1 Å². The van der Waals surface area contributed by atoms with E-state index in [1.165, 1.54) is 4.70 Å². The summed E-state index contributed by atoms with van der Waals surface area (Å²) in [4.78, 5) is 20.1. The molecule has 24 heavy (non-hydrogen) atoms. The van der Waals surface area contributed by atoms with E-state index in [1.54, 1.807) is 30.3 Å². The molecule has 2 atom stereocenters. The molecule has 0 N–H and O–H groups in total. The number of para-hydroxylation sites is 1. The van der Waals surface area contributed by atoms with Crippen molar-refractivity contribution in [3.05, 3.63) is 29.3 Å². The maximum absolute atomic E-state index is 11.8. The Morgan fingerprint density at radius 1 is 1.25 bits per heavy atom. The van der Waals surface area contributed by atoms with Gasteiger partial charge in [-0.3, -0.25) is 9.69 Å². The summed E-state index contributed by atoms with van der Waals surface area (Å²) < 4.78 is 7.41. The fraction of sp³-hybridized carbons (Fsp3) is 0.556. The summed E-state index contributed by atoms with van der Waals surface area (Å²) in [6, 6.07) is 8.26. The van der Waals surface area contributed by atoms with Crippen molar-refractivity contribution in [3.8, 4) is 0 Å². The summed E-state index contributed by atoms with van der Waals surface area (Å²) in [5.41, 5.74) is 1.08. The Bertz CT molecular complexity index is 667. The van der Waals surface area contributed by atoms with Gasteiger partial charge in [-0.1, -0.05) is 12.1 Å². The number of aromatic nitrogens is 1. The topological polar surface area (TPSA) is 45.7 Å². The lowest BCUT2D eigenvalue weighted by Crippen LogP contribution is -2.38. The Labute approximate surface area is 147 Å². The van der Waals surface area contributed by atoms with Crippen LogP contribution in [0.5, 0.6) is 0 Å². The molecule has 0 spiro atoms. The first-order chi connectivity index (χ1) is 11.5. The molecule has 3 rings (SSSR count). The van der Waals surface area contributed by atoms with E-state index in [2.05, 4.69) is 18.2 Å². The predicted octanol–water partition coefficient (Wildman–Crippen LogP) is 2.41. The summed E-state index contributed by atoms with van der Waals surface area (Å²) in [5, 5.41) is 1.15. The van der Waals surface area contributed by atoms with Crippen molar-refractivity contribution in [2.75, 3.05) is 34.2 Å². The molecule has 0 aliphatic carbocycles. The molecule has 1 amide bonds. The Balaban J connectivity index is 1.49. The zero-order chi connectivity index (χ0) is 17.1. The molecule has 0 unspecified atom stereocenters. The maximum atomic E-state index is 11.8. The van der Waals surface area contributed by atoms with Gasteiger partial charge in [0.15, 0.2) is 0 Å². The Morgan fingerprint density at radius 2 is 2.00 bits per heavy atom. The number of ether oxygens (including phenoxy) is 1. The quantitative estimate of drug-likeness (QED) is 0.805. The third kappa shape index (κ3) is 4.32. The minimum absolute atomic E-state index is 0.126. The maximum Gasteiger partial charge on any atom is 0.236 e. The molecule has 1 aliphatic rings. The standard InChI is InChI=1S/C18H25N3O2S/c1-20(2)18(22)12-21(3)11-14-9-8-13(23-14)10-17-19-15-6-4-5-7-16(15)24-17/h4-7,13-14H,8-12H2,1-3H3/t13-,14+/m0/s1. The number of likely N-dealkylation sites (N-methyl/N-ethyl adjacent to an activating group) is 2. The van der Waals surface area contributed by atoms with E-state index in [0.29, 0.717) is 6.54 Å². The highest BCUT2D eigenvalue weighted by Gasteiger charge is 2.27. The molecule has 0 bridgehead atoms. The lowest BCUT2D eigenvalue weighted by Gasteiger charge is -2.22. The van der Waals surface area contributed by atoms with Crippen LogP contribution in [0, 0.1) is 0 Å². The SMILES string of the molecule is CN(CC(=O)N(C)C)C[C@H]1CC[C@@H](Cc2nc3ccccc3s2)O1. The van der Waals surface area contributed by atoms with Crippen LogP contribution in [0.3, 0.4) is 0 Å². The third-order valence-corrected chi connectivity index (χ3v) is 5.41. The summed E-state index contributed by atoms with van der Waals surface area (Å²) in [6.45, 7) is 1.24. The zero-order valence-electron chi connectivity index (χ0n) is 14.6. The van der Waals surface area contributed by atoms with Gasteiger partial charge in [0.2, 0.25) is 5.91 Å². The Kier molecular flexibility index (Phi) is 5.48. The second-order valence-corrected chi connectivity index (χ2v) is 7.84. The summed E-state index contributed by atoms with van der Waals surface area (Å²) in [6.07, 6.45) is 3.46. The van der Waals surface area contributed by atoms with Gasteiger partial charge in [-0.25, -0.2) is 4.98 Å². The summed E-state index contributed by atoms with van der Waals surface area (Å²) in [7, 11) is 5.55. The first-order valence-electron chi connectivity index (χ1n) is 8.40. The molecule has 5 nitrogen and oxygen atoms in total. The van der Waals surface area contributed by atoms with E-state index in [-0.39, 0.29) is 18.1 Å². The lowest BCUT2D eigenvalue weighted by atomic mass is 10.1. The van der Waals surface area contributed by atoms with Gasteiger partial charge in [-0.2, -0.15) is 0 Å². The van der Waals surface area contributed by atoms with Crippen LogP contribution in [0.2, 0.25) is 0 Å². The molecule has 1 fully saturated rings. The number of hydrogen-bond acceptors (Lipinski definition) is 5. The molecule has 0 radical (unpaired) electrons. The average Bonchev–Trinajstić information content (AvgIpc) is 3.13. The molecular formula is C18H25N3O2S. The fourth-order valence-electron chi connectivity index (χ4n) is 3.05. The highest BCUT2D eigenvalue weighted by molar-refractivity contribution is 7.18. The molecular weight excluding hydrogens is 322 g/mol. The van der Waals surface area contributed by atoms with Crippen LogP contribution in [0.1, 0.15) is 17.8 Å². The molecule has 1 saturated heterocycles. The molecule has 2 aromatic rings. The van der Waals surface area contributed by atoms with Crippen molar-refractivity contribution < 1.29 is 9.53 Å². The zero-order valence-corrected chi connectivity index (χ0v) is 15.4. The van der Waals surface area contributed by atoms with E-state index >= 15 is 0 Å². The minimum Gasteiger partial charge on any atom is -0.373 e. The number of rotatable bonds is 6. The van der Waals surface area contributed by atoms with Crippen LogP contribution in [-0.4, -0.2) is 67.1 Å². The van der Waals surface area contributed by atoms with E-state index < -0.39 is 0 Å². The van der Waals surface area contributed by atoms with Gasteiger partial charge in [0.1, 0.15) is 0 Å². The molecule has 0 saturated carbocycles. The average molecular weight is 347 g/mol. The largest absolute Gasteiger partial charge is 0.373 e. The van der Waals surface area contributed by atoms with Gasteiger partial charge in [0.25, 0.3) is 0 Å². The number of amides is 1. The number of nitrogens with zero attached hydrogens (tertiary/aromatic N) is 3. The van der Waals surface area contributed by atoms with Gasteiger partial charge in [0.05, 0.1) is 34.0 Å². The number of thiazole rings is 1. The van der Waals surface area contributed by atoms with Gasteiger partial charge in [-0.05, 0) is 32.0 Å². The van der Waals surface area contributed by atoms with E-state index in [1.807, 2.05) is 18.0 Å². The summed E-state index contributed by atoms with van der Waals surface area (Å²) >= 11 is 1.76. The van der Waals surface area contributed by atoms with Crippen LogP contribution in [0.15, 0.2) is 24.3 Å². The van der Waals surface area contributed by atoms with Crippen LogP contribution in [-0.2, 0) is 16.0 Å². The predicted molar refractivity (Wildman–Crippen MR) is 97.4 cm³/mol. The van der Waals surface area contributed by atoms with Gasteiger partial charge >= 0.3 is 0 Å². The molecule has 1 aromatic heterocycles. The van der Waals surface area contributed by atoms with Crippen LogP contribution >= 0.6 is 11.3 Å². The molecule has 2 heterocycles. The number of carbonyl (C=O) groups is 1. The Morgan fingerprint density at radius 3 is 2.75 bits per heavy atom. The number of fused-ring (bicyclic) bond motifs is 1. The van der Waals surface area contributed by atoms with Crippen LogP contribution in [0.4, 0.5) is 0 Å². The molecule has 130 valence electrons. The van der Waals surface area contributed by atoms with Crippen LogP contribution in [0.25, 0.3) is 10.2 Å². The molecule has 6 heteroatoms. The van der Waals surface area contributed by atoms with Crippen molar-refractivity contribution in [2.45, 2.75) is 31.5 Å². The minimum atomic E-state index is 0.126. The van der Waals surface area contributed by atoms with Crippen molar-refractivity contribution >= 4 is 27.5 Å². The van der Waals surface area contributed by atoms with Gasteiger partial charge < -0.3 is 9.64 Å². The van der Waals surface area contributed by atoms with E-state index in [4.69, 9.17) is 9.72 Å². The van der Waals surface area contributed by atoms with E-state index in [9.17, 15) is 4.79 Å².